The second-order valence-electron chi connectivity index (χ2n) is 5.00. The van der Waals surface area contributed by atoms with Crippen molar-refractivity contribution in [3.63, 3.8) is 0 Å². The lowest BCUT2D eigenvalue weighted by Gasteiger charge is -2.24. The highest BCUT2D eigenvalue weighted by molar-refractivity contribution is 6.01. The Morgan fingerprint density at radius 1 is 0.818 bits per heavy atom. The average molecular weight is 320 g/mol. The van der Waals surface area contributed by atoms with E-state index in [0.29, 0.717) is 19.6 Å². The number of carbonyl (C=O) groups is 2. The number of aliphatic hydroxyl groups is 4. The molecule has 0 aromatic heterocycles. The molecule has 0 rings (SSSR count). The Morgan fingerprint density at radius 3 is 1.68 bits per heavy atom. The molecule has 0 aliphatic carbocycles. The van der Waals surface area contributed by atoms with Gasteiger partial charge in [0.1, 0.15) is 5.78 Å². The minimum atomic E-state index is -0.844. The number of Topliss-reactive ketones (excluding diaryl/α,β-unsaturated/α-hetero) is 1. The number of carbonyl (C=O) groups excluding carboxylic acids is 2. The lowest BCUT2D eigenvalue weighted by atomic mass is 10.0. The third kappa shape index (κ3) is 7.81. The highest BCUT2D eigenvalue weighted by Gasteiger charge is 2.26. The molecule has 1 amide bonds. The standard InChI is InChI=1S/C14H28N2O6/c1-12(14(22)16(6-10-19)7-11-20)13(21)2-3-15(4-8-17)5-9-18/h12,17-20H,2-11H2,1H3/t12-/m0/s1. The molecule has 0 heterocycles. The first-order chi connectivity index (χ1) is 10.5. The molecule has 0 saturated heterocycles. The lowest BCUT2D eigenvalue weighted by molar-refractivity contribution is -0.141. The topological polar surface area (TPSA) is 122 Å². The van der Waals surface area contributed by atoms with Crippen LogP contribution in [0.4, 0.5) is 0 Å². The van der Waals surface area contributed by atoms with Crippen LogP contribution in [-0.4, -0.2) is 101 Å². The van der Waals surface area contributed by atoms with Crippen molar-refractivity contribution in [2.45, 2.75) is 13.3 Å². The molecular formula is C14H28N2O6. The largest absolute Gasteiger partial charge is 0.395 e. The molecule has 0 saturated carbocycles. The van der Waals surface area contributed by atoms with E-state index in [1.54, 1.807) is 4.90 Å². The van der Waals surface area contributed by atoms with Gasteiger partial charge < -0.3 is 25.3 Å². The highest BCUT2D eigenvalue weighted by atomic mass is 16.3. The van der Waals surface area contributed by atoms with E-state index in [9.17, 15) is 9.59 Å². The minimum absolute atomic E-state index is 0.0660. The van der Waals surface area contributed by atoms with Crippen LogP contribution in [0, 0.1) is 5.92 Å². The van der Waals surface area contributed by atoms with Gasteiger partial charge in [-0.3, -0.25) is 14.5 Å². The summed E-state index contributed by atoms with van der Waals surface area (Å²) in [5.41, 5.74) is 0. The van der Waals surface area contributed by atoms with Crippen LogP contribution in [0.5, 0.6) is 0 Å². The first kappa shape index (κ1) is 20.9. The van der Waals surface area contributed by atoms with Gasteiger partial charge in [0.05, 0.1) is 32.3 Å². The number of nitrogens with zero attached hydrogens (tertiary/aromatic N) is 2. The molecule has 22 heavy (non-hydrogen) atoms. The zero-order chi connectivity index (χ0) is 17.0. The fourth-order valence-corrected chi connectivity index (χ4v) is 2.09. The van der Waals surface area contributed by atoms with E-state index in [2.05, 4.69) is 0 Å². The Morgan fingerprint density at radius 2 is 1.27 bits per heavy atom. The highest BCUT2D eigenvalue weighted by Crippen LogP contribution is 2.07. The van der Waals surface area contributed by atoms with Crippen molar-refractivity contribution in [1.29, 1.82) is 0 Å². The molecule has 0 unspecified atom stereocenters. The van der Waals surface area contributed by atoms with Crippen LogP contribution in [-0.2, 0) is 9.59 Å². The number of aliphatic hydroxyl groups excluding tert-OH is 4. The Bertz CT molecular complexity index is 314. The van der Waals surface area contributed by atoms with Crippen LogP contribution in [0.3, 0.4) is 0 Å². The van der Waals surface area contributed by atoms with Gasteiger partial charge in [0.15, 0.2) is 0 Å². The smallest absolute Gasteiger partial charge is 0.233 e. The fourth-order valence-electron chi connectivity index (χ4n) is 2.09. The van der Waals surface area contributed by atoms with Crippen LogP contribution < -0.4 is 0 Å². The number of ketones is 1. The molecule has 0 aromatic rings. The third-order valence-electron chi connectivity index (χ3n) is 3.41. The molecular weight excluding hydrogens is 292 g/mol. The van der Waals surface area contributed by atoms with Crippen molar-refractivity contribution >= 4 is 11.7 Å². The van der Waals surface area contributed by atoms with Gasteiger partial charge in [0.25, 0.3) is 0 Å². The summed E-state index contributed by atoms with van der Waals surface area (Å²) in [6, 6.07) is 0. The molecule has 0 radical (unpaired) electrons. The molecule has 0 aromatic carbocycles. The molecule has 0 aliphatic rings. The van der Waals surface area contributed by atoms with E-state index in [1.165, 1.54) is 11.8 Å². The molecule has 0 fully saturated rings. The summed E-state index contributed by atoms with van der Waals surface area (Å²) in [6.07, 6.45) is 0.138. The van der Waals surface area contributed by atoms with Gasteiger partial charge in [0.2, 0.25) is 5.91 Å². The Labute approximate surface area is 131 Å². The first-order valence-corrected chi connectivity index (χ1v) is 7.49. The predicted molar refractivity (Wildman–Crippen MR) is 80.2 cm³/mol. The van der Waals surface area contributed by atoms with Crippen LogP contribution in [0.2, 0.25) is 0 Å². The van der Waals surface area contributed by atoms with Crippen LogP contribution in [0.1, 0.15) is 13.3 Å². The molecule has 1 atom stereocenters. The van der Waals surface area contributed by atoms with E-state index in [0.717, 1.165) is 0 Å². The Hall–Kier alpha value is -1.06. The number of hydrogen-bond donors (Lipinski definition) is 4. The van der Waals surface area contributed by atoms with E-state index in [4.69, 9.17) is 20.4 Å². The van der Waals surface area contributed by atoms with Crippen molar-refractivity contribution in [2.75, 3.05) is 59.2 Å². The van der Waals surface area contributed by atoms with Crippen molar-refractivity contribution in [2.24, 2.45) is 5.92 Å². The molecule has 130 valence electrons. The lowest BCUT2D eigenvalue weighted by Crippen LogP contribution is -2.42. The summed E-state index contributed by atoms with van der Waals surface area (Å²) >= 11 is 0. The second kappa shape index (κ2) is 12.5. The summed E-state index contributed by atoms with van der Waals surface area (Å²) in [5.74, 6) is -1.50. The zero-order valence-electron chi connectivity index (χ0n) is 13.1. The number of rotatable bonds is 13. The molecule has 0 spiro atoms. The summed E-state index contributed by atoms with van der Waals surface area (Å²) in [6.45, 7) is 2.16. The predicted octanol–water partition coefficient (Wildman–Crippen LogP) is -2.32. The van der Waals surface area contributed by atoms with Crippen LogP contribution in [0.25, 0.3) is 0 Å². The number of amides is 1. The summed E-state index contributed by atoms with van der Waals surface area (Å²) in [5, 5.41) is 35.6. The van der Waals surface area contributed by atoms with Gasteiger partial charge in [-0.2, -0.15) is 0 Å². The first-order valence-electron chi connectivity index (χ1n) is 7.49. The summed E-state index contributed by atoms with van der Waals surface area (Å²) in [7, 11) is 0. The van der Waals surface area contributed by atoms with Crippen molar-refractivity contribution in [3.05, 3.63) is 0 Å². The average Bonchev–Trinajstić information content (AvgIpc) is 2.51. The maximum atomic E-state index is 12.1. The van der Waals surface area contributed by atoms with Crippen LogP contribution >= 0.6 is 0 Å². The monoisotopic (exact) mass is 320 g/mol. The minimum Gasteiger partial charge on any atom is -0.395 e. The van der Waals surface area contributed by atoms with Gasteiger partial charge in [0, 0.05) is 39.1 Å². The van der Waals surface area contributed by atoms with Crippen molar-refractivity contribution in [1.82, 2.24) is 9.80 Å². The van der Waals surface area contributed by atoms with E-state index in [-0.39, 0.29) is 51.7 Å². The molecule has 0 bridgehead atoms. The van der Waals surface area contributed by atoms with Gasteiger partial charge in [-0.25, -0.2) is 0 Å². The zero-order valence-corrected chi connectivity index (χ0v) is 13.1. The fraction of sp³-hybridized carbons (Fsp3) is 0.857. The SMILES string of the molecule is C[C@@H](C(=O)CCN(CCO)CCO)C(=O)N(CCO)CCO. The molecule has 0 aliphatic heterocycles. The van der Waals surface area contributed by atoms with Crippen molar-refractivity contribution < 1.29 is 30.0 Å². The molecule has 8 heteroatoms. The Kier molecular flexibility index (Phi) is 11.9. The van der Waals surface area contributed by atoms with E-state index >= 15 is 0 Å². The van der Waals surface area contributed by atoms with Gasteiger partial charge in [-0.15, -0.1) is 0 Å². The van der Waals surface area contributed by atoms with Gasteiger partial charge >= 0.3 is 0 Å². The quantitative estimate of drug-likeness (QED) is 0.281. The number of hydrogen-bond acceptors (Lipinski definition) is 7. The van der Waals surface area contributed by atoms with Crippen molar-refractivity contribution in [3.8, 4) is 0 Å². The van der Waals surface area contributed by atoms with Crippen LogP contribution in [0.15, 0.2) is 0 Å². The van der Waals surface area contributed by atoms with Gasteiger partial charge in [-0.1, -0.05) is 0 Å². The maximum Gasteiger partial charge on any atom is 0.233 e. The van der Waals surface area contributed by atoms with E-state index in [1.807, 2.05) is 0 Å². The Balaban J connectivity index is 4.46. The summed E-state index contributed by atoms with van der Waals surface area (Å²) < 4.78 is 0. The maximum absolute atomic E-state index is 12.1. The van der Waals surface area contributed by atoms with E-state index < -0.39 is 11.8 Å². The third-order valence-corrected chi connectivity index (χ3v) is 3.41. The molecule has 4 N–H and O–H groups in total. The normalized spacial score (nSPS) is 12.5. The van der Waals surface area contributed by atoms with Gasteiger partial charge in [-0.05, 0) is 6.92 Å². The second-order valence-corrected chi connectivity index (χ2v) is 5.00. The molecule has 8 nitrogen and oxygen atoms in total. The summed E-state index contributed by atoms with van der Waals surface area (Å²) in [4.78, 5) is 27.2.